The van der Waals surface area contributed by atoms with Crippen LogP contribution < -0.4 is 0 Å². The summed E-state index contributed by atoms with van der Waals surface area (Å²) in [4.78, 5) is 6.53. The van der Waals surface area contributed by atoms with Gasteiger partial charge in [-0.2, -0.15) is 0 Å². The molecule has 2 heterocycles. The molecule has 0 saturated carbocycles. The second kappa shape index (κ2) is 5.11. The maximum atomic E-state index is 13.8. The highest BCUT2D eigenvalue weighted by Crippen LogP contribution is 2.25. The zero-order chi connectivity index (χ0) is 14.2. The van der Waals surface area contributed by atoms with Gasteiger partial charge >= 0.3 is 0 Å². The number of β-amino-alcohol motifs (C(OH)–C–C–N with tert-alkyl or cyclic N) is 1. The van der Waals surface area contributed by atoms with Gasteiger partial charge in [-0.05, 0) is 50.1 Å². The summed E-state index contributed by atoms with van der Waals surface area (Å²) in [6, 6.07) is 6.81. The van der Waals surface area contributed by atoms with Gasteiger partial charge in [-0.3, -0.25) is 9.88 Å². The predicted molar refractivity (Wildman–Crippen MR) is 76.8 cm³/mol. The summed E-state index contributed by atoms with van der Waals surface area (Å²) >= 11 is 0. The molecule has 4 heteroatoms. The zero-order valence-corrected chi connectivity index (χ0v) is 11.6. The molecule has 1 saturated heterocycles. The second-order valence-electron chi connectivity index (χ2n) is 5.92. The van der Waals surface area contributed by atoms with Crippen LogP contribution >= 0.6 is 0 Å². The number of piperidine rings is 1. The number of benzene rings is 1. The molecule has 1 aliphatic rings. The molecule has 1 unspecified atom stereocenters. The molecular formula is C16H19FN2O. The minimum absolute atomic E-state index is 0.234. The number of likely N-dealkylation sites (tertiary alicyclic amines) is 1. The topological polar surface area (TPSA) is 36.4 Å². The number of hydrogen-bond donors (Lipinski definition) is 1. The van der Waals surface area contributed by atoms with E-state index in [4.69, 9.17) is 0 Å². The number of pyridine rings is 1. The van der Waals surface area contributed by atoms with Gasteiger partial charge in [0.05, 0.1) is 11.1 Å². The third kappa shape index (κ3) is 2.67. The van der Waals surface area contributed by atoms with E-state index >= 15 is 0 Å². The van der Waals surface area contributed by atoms with Gasteiger partial charge in [0.1, 0.15) is 5.82 Å². The van der Waals surface area contributed by atoms with E-state index in [0.29, 0.717) is 18.5 Å². The molecule has 2 aromatic rings. The van der Waals surface area contributed by atoms with Gasteiger partial charge < -0.3 is 5.11 Å². The van der Waals surface area contributed by atoms with Crippen LogP contribution in [0.25, 0.3) is 10.9 Å². The molecule has 1 aliphatic heterocycles. The monoisotopic (exact) mass is 274 g/mol. The molecule has 20 heavy (non-hydrogen) atoms. The van der Waals surface area contributed by atoms with Crippen molar-refractivity contribution in [1.29, 1.82) is 0 Å². The normalized spacial score (nSPS) is 24.1. The van der Waals surface area contributed by atoms with Gasteiger partial charge in [0, 0.05) is 24.7 Å². The van der Waals surface area contributed by atoms with Crippen molar-refractivity contribution in [2.24, 2.45) is 0 Å². The Balaban J connectivity index is 1.90. The van der Waals surface area contributed by atoms with E-state index in [0.717, 1.165) is 30.5 Å². The number of aliphatic hydroxyl groups is 1. The molecule has 106 valence electrons. The van der Waals surface area contributed by atoms with Crippen LogP contribution in [0.4, 0.5) is 4.39 Å². The quantitative estimate of drug-likeness (QED) is 0.914. The third-order valence-corrected chi connectivity index (χ3v) is 3.95. The Bertz CT molecular complexity index is 627. The number of fused-ring (bicyclic) bond motifs is 1. The SMILES string of the molecule is CC1(O)CCCN(Cc2ccc(F)c3cccnc23)C1. The van der Waals surface area contributed by atoms with Gasteiger partial charge in [0.25, 0.3) is 0 Å². The molecule has 1 aromatic heterocycles. The summed E-state index contributed by atoms with van der Waals surface area (Å²) in [6.07, 6.45) is 3.52. The highest BCUT2D eigenvalue weighted by atomic mass is 19.1. The molecule has 0 spiro atoms. The van der Waals surface area contributed by atoms with E-state index in [-0.39, 0.29) is 5.82 Å². The largest absolute Gasteiger partial charge is 0.389 e. The van der Waals surface area contributed by atoms with E-state index < -0.39 is 5.60 Å². The number of nitrogens with zero attached hydrogens (tertiary/aromatic N) is 2. The van der Waals surface area contributed by atoms with Gasteiger partial charge in [0.2, 0.25) is 0 Å². The maximum absolute atomic E-state index is 13.8. The lowest BCUT2D eigenvalue weighted by Gasteiger charge is -2.36. The summed E-state index contributed by atoms with van der Waals surface area (Å²) in [6.45, 7) is 4.19. The molecule has 3 nitrogen and oxygen atoms in total. The summed E-state index contributed by atoms with van der Waals surface area (Å²) in [5.41, 5.74) is 1.11. The van der Waals surface area contributed by atoms with E-state index in [9.17, 15) is 9.50 Å². The van der Waals surface area contributed by atoms with Crippen molar-refractivity contribution in [1.82, 2.24) is 9.88 Å². The maximum Gasteiger partial charge on any atom is 0.132 e. The van der Waals surface area contributed by atoms with Crippen LogP contribution in [0.1, 0.15) is 25.3 Å². The zero-order valence-electron chi connectivity index (χ0n) is 11.6. The minimum atomic E-state index is -0.623. The summed E-state index contributed by atoms with van der Waals surface area (Å²) in [5.74, 6) is -0.234. The molecule has 1 aromatic carbocycles. The van der Waals surface area contributed by atoms with Crippen molar-refractivity contribution in [3.8, 4) is 0 Å². The van der Waals surface area contributed by atoms with Crippen molar-refractivity contribution in [3.63, 3.8) is 0 Å². The Kier molecular flexibility index (Phi) is 3.44. The van der Waals surface area contributed by atoms with E-state index in [1.807, 2.05) is 6.92 Å². The molecule has 0 bridgehead atoms. The number of aromatic nitrogens is 1. The molecule has 0 amide bonds. The average molecular weight is 274 g/mol. The summed E-state index contributed by atoms with van der Waals surface area (Å²) in [5, 5.41) is 10.7. The fourth-order valence-corrected chi connectivity index (χ4v) is 3.02. The Morgan fingerprint density at radius 2 is 2.25 bits per heavy atom. The van der Waals surface area contributed by atoms with Gasteiger partial charge in [-0.15, -0.1) is 0 Å². The van der Waals surface area contributed by atoms with Crippen molar-refractivity contribution < 1.29 is 9.50 Å². The fraction of sp³-hybridized carbons (Fsp3) is 0.438. The summed E-state index contributed by atoms with van der Waals surface area (Å²) in [7, 11) is 0. The van der Waals surface area contributed by atoms with Crippen molar-refractivity contribution >= 4 is 10.9 Å². The number of rotatable bonds is 2. The first-order valence-electron chi connectivity index (χ1n) is 7.02. The van der Waals surface area contributed by atoms with E-state index in [1.165, 1.54) is 6.07 Å². The predicted octanol–water partition coefficient (Wildman–Crippen LogP) is 2.72. The highest BCUT2D eigenvalue weighted by molar-refractivity contribution is 5.82. The fourth-order valence-electron chi connectivity index (χ4n) is 3.02. The van der Waals surface area contributed by atoms with Crippen LogP contribution in [0.2, 0.25) is 0 Å². The van der Waals surface area contributed by atoms with Crippen LogP contribution in [0, 0.1) is 5.82 Å². The molecule has 1 N–H and O–H groups in total. The van der Waals surface area contributed by atoms with Crippen LogP contribution in [-0.2, 0) is 6.54 Å². The molecule has 0 aliphatic carbocycles. The van der Waals surface area contributed by atoms with Gasteiger partial charge in [-0.25, -0.2) is 4.39 Å². The molecule has 3 rings (SSSR count). The first-order chi connectivity index (χ1) is 9.55. The Morgan fingerprint density at radius 3 is 3.05 bits per heavy atom. The molecule has 1 atom stereocenters. The van der Waals surface area contributed by atoms with Crippen LogP contribution in [0.3, 0.4) is 0 Å². The highest BCUT2D eigenvalue weighted by Gasteiger charge is 2.28. The second-order valence-corrected chi connectivity index (χ2v) is 5.92. The standard InChI is InChI=1S/C16H19FN2O/c1-16(20)7-3-9-19(11-16)10-12-5-6-14(17)13-4-2-8-18-15(12)13/h2,4-6,8,20H,3,7,9-11H2,1H3. The number of halogens is 1. The smallest absolute Gasteiger partial charge is 0.132 e. The lowest BCUT2D eigenvalue weighted by Crippen LogP contribution is -2.45. The molecular weight excluding hydrogens is 255 g/mol. The van der Waals surface area contributed by atoms with Crippen molar-refractivity contribution in [2.75, 3.05) is 13.1 Å². The molecule has 0 radical (unpaired) electrons. The van der Waals surface area contributed by atoms with E-state index in [1.54, 1.807) is 24.4 Å². The Hall–Kier alpha value is -1.52. The van der Waals surface area contributed by atoms with E-state index in [2.05, 4.69) is 9.88 Å². The minimum Gasteiger partial charge on any atom is -0.389 e. The summed E-state index contributed by atoms with van der Waals surface area (Å²) < 4.78 is 13.8. The number of hydrogen-bond acceptors (Lipinski definition) is 3. The lowest BCUT2D eigenvalue weighted by atomic mass is 9.94. The van der Waals surface area contributed by atoms with Crippen LogP contribution in [0.15, 0.2) is 30.5 Å². The third-order valence-electron chi connectivity index (χ3n) is 3.95. The Morgan fingerprint density at radius 1 is 1.40 bits per heavy atom. The van der Waals surface area contributed by atoms with Crippen molar-refractivity contribution in [2.45, 2.75) is 31.9 Å². The molecule has 1 fully saturated rings. The first kappa shape index (κ1) is 13.5. The van der Waals surface area contributed by atoms with Gasteiger partial charge in [0.15, 0.2) is 0 Å². The average Bonchev–Trinajstić information content (AvgIpc) is 2.41. The lowest BCUT2D eigenvalue weighted by molar-refractivity contribution is -0.0180. The Labute approximate surface area is 118 Å². The first-order valence-corrected chi connectivity index (χ1v) is 7.02. The van der Waals surface area contributed by atoms with Crippen molar-refractivity contribution in [3.05, 3.63) is 41.8 Å². The van der Waals surface area contributed by atoms with Crippen LogP contribution in [-0.4, -0.2) is 33.7 Å². The van der Waals surface area contributed by atoms with Gasteiger partial charge in [-0.1, -0.05) is 6.07 Å². The van der Waals surface area contributed by atoms with Crippen LogP contribution in [0.5, 0.6) is 0 Å².